The Kier molecular flexibility index (Phi) is 3.86. The second-order valence-electron chi connectivity index (χ2n) is 6.04. The van der Waals surface area contributed by atoms with Gasteiger partial charge in [0.1, 0.15) is 0 Å². The van der Waals surface area contributed by atoms with E-state index in [0.29, 0.717) is 5.56 Å². The number of nitro groups is 1. The van der Waals surface area contributed by atoms with Crippen LogP contribution in [0.2, 0.25) is 0 Å². The highest BCUT2D eigenvalue weighted by Gasteiger charge is 2.15. The maximum Gasteiger partial charge on any atom is 0.276 e. The van der Waals surface area contributed by atoms with E-state index in [-0.39, 0.29) is 10.6 Å². The first-order valence-electron chi connectivity index (χ1n) is 8.22. The van der Waals surface area contributed by atoms with E-state index < -0.39 is 0 Å². The van der Waals surface area contributed by atoms with Crippen LogP contribution in [-0.4, -0.2) is 11.1 Å². The maximum atomic E-state index is 11.0. The lowest BCUT2D eigenvalue weighted by Gasteiger charge is -2.04. The van der Waals surface area contributed by atoms with Crippen molar-refractivity contribution in [3.63, 3.8) is 0 Å². The zero-order valence-electron chi connectivity index (χ0n) is 13.6. The van der Waals surface area contributed by atoms with E-state index in [4.69, 9.17) is 0 Å². The first-order valence-corrected chi connectivity index (χ1v) is 8.22. The minimum atomic E-state index is -0.375. The predicted molar refractivity (Wildman–Crippen MR) is 102 cm³/mol. The predicted octanol–water partition coefficient (Wildman–Crippen LogP) is 5.26. The largest absolute Gasteiger partial charge is 0.276 e. The highest BCUT2D eigenvalue weighted by Crippen LogP contribution is 2.36. The van der Waals surface area contributed by atoms with Crippen LogP contribution in [0.4, 0.5) is 11.4 Å². The van der Waals surface area contributed by atoms with Crippen LogP contribution in [0.15, 0.2) is 65.7 Å². The number of para-hydroxylation sites is 1. The van der Waals surface area contributed by atoms with Gasteiger partial charge in [-0.2, -0.15) is 0 Å². The van der Waals surface area contributed by atoms with Crippen LogP contribution in [0, 0.1) is 10.1 Å². The zero-order chi connectivity index (χ0) is 17.2. The highest BCUT2D eigenvalue weighted by molar-refractivity contribution is 5.99. The lowest BCUT2D eigenvalue weighted by Crippen LogP contribution is -1.90. The fraction of sp³-hybridized carbons (Fsp3) is 0.0952. The molecule has 3 aromatic carbocycles. The molecule has 0 N–H and O–H groups in total. The average molecular weight is 328 g/mol. The number of hydrogen-bond donors (Lipinski definition) is 0. The number of rotatable bonds is 4. The summed E-state index contributed by atoms with van der Waals surface area (Å²) in [6.07, 6.45) is 7.33. The van der Waals surface area contributed by atoms with Crippen molar-refractivity contribution in [1.29, 1.82) is 0 Å². The van der Waals surface area contributed by atoms with E-state index in [2.05, 4.69) is 29.3 Å². The minimum absolute atomic E-state index is 0.0949. The molecule has 4 nitrogen and oxygen atoms in total. The molecule has 0 aliphatic heterocycles. The van der Waals surface area contributed by atoms with Gasteiger partial charge in [0.2, 0.25) is 0 Å². The van der Waals surface area contributed by atoms with E-state index in [1.54, 1.807) is 36.6 Å². The van der Waals surface area contributed by atoms with Gasteiger partial charge in [-0.25, -0.2) is 0 Å². The molecular weight excluding hydrogens is 312 g/mol. The summed E-state index contributed by atoms with van der Waals surface area (Å²) < 4.78 is 0. The summed E-state index contributed by atoms with van der Waals surface area (Å²) >= 11 is 0. The topological polar surface area (TPSA) is 55.5 Å². The summed E-state index contributed by atoms with van der Waals surface area (Å²) in [6.45, 7) is 0. The van der Waals surface area contributed by atoms with Crippen molar-refractivity contribution in [1.82, 2.24) is 0 Å². The molecule has 4 rings (SSSR count). The Morgan fingerprint density at radius 3 is 2.60 bits per heavy atom. The standard InChI is InChI=1S/C21H16N2O2/c24-23(25)20-9-2-1-5-15(20)7-4-14-22-19-13-12-17-11-10-16-6-3-8-18(19)21(16)17/h1-9,12-14H,10-11H2. The van der Waals surface area contributed by atoms with Crippen molar-refractivity contribution in [3.8, 4) is 0 Å². The van der Waals surface area contributed by atoms with E-state index >= 15 is 0 Å². The van der Waals surface area contributed by atoms with Crippen molar-refractivity contribution in [2.75, 3.05) is 0 Å². The Bertz CT molecular complexity index is 1020. The van der Waals surface area contributed by atoms with Crippen molar-refractivity contribution in [3.05, 3.63) is 87.5 Å². The van der Waals surface area contributed by atoms with E-state index in [1.165, 1.54) is 28.0 Å². The Morgan fingerprint density at radius 2 is 1.76 bits per heavy atom. The number of hydrogen-bond acceptors (Lipinski definition) is 3. The molecule has 0 bridgehead atoms. The molecule has 1 aliphatic carbocycles. The van der Waals surface area contributed by atoms with E-state index in [1.807, 2.05) is 6.07 Å². The maximum absolute atomic E-state index is 11.0. The lowest BCUT2D eigenvalue weighted by atomic mass is 10.0. The van der Waals surface area contributed by atoms with E-state index in [0.717, 1.165) is 18.5 Å². The fourth-order valence-corrected chi connectivity index (χ4v) is 3.41. The molecule has 122 valence electrons. The third-order valence-corrected chi connectivity index (χ3v) is 4.56. The van der Waals surface area contributed by atoms with Gasteiger partial charge in [-0.3, -0.25) is 15.1 Å². The summed E-state index contributed by atoms with van der Waals surface area (Å²) in [5, 5.41) is 13.5. The number of aryl methyl sites for hydroxylation is 2. The number of aliphatic imine (C=N–C) groups is 1. The van der Waals surface area contributed by atoms with Gasteiger partial charge in [-0.1, -0.05) is 36.4 Å². The molecule has 0 unspecified atom stereocenters. The SMILES string of the molecule is O=[N+]([O-])c1ccccc1C=CC=Nc1ccc2c3c(cccc13)CC2. The van der Waals surface area contributed by atoms with Crippen LogP contribution < -0.4 is 0 Å². The summed E-state index contributed by atoms with van der Waals surface area (Å²) in [4.78, 5) is 15.2. The number of nitro benzene ring substituents is 1. The second kappa shape index (κ2) is 6.32. The molecule has 0 heterocycles. The molecular formula is C21H16N2O2. The third kappa shape index (κ3) is 2.83. The van der Waals surface area contributed by atoms with Crippen molar-refractivity contribution in [2.24, 2.45) is 4.99 Å². The molecule has 0 spiro atoms. The Balaban J connectivity index is 1.64. The van der Waals surface area contributed by atoms with Crippen molar-refractivity contribution < 1.29 is 4.92 Å². The molecule has 0 radical (unpaired) electrons. The molecule has 0 saturated heterocycles. The molecule has 25 heavy (non-hydrogen) atoms. The van der Waals surface area contributed by atoms with Crippen LogP contribution >= 0.6 is 0 Å². The van der Waals surface area contributed by atoms with Crippen LogP contribution in [0.5, 0.6) is 0 Å². The number of nitrogens with zero attached hydrogens (tertiary/aromatic N) is 2. The minimum Gasteiger partial charge on any atom is -0.258 e. The first-order chi connectivity index (χ1) is 12.2. The Labute approximate surface area is 145 Å². The van der Waals surface area contributed by atoms with Gasteiger partial charge in [-0.05, 0) is 53.6 Å². The summed E-state index contributed by atoms with van der Waals surface area (Å²) in [7, 11) is 0. The van der Waals surface area contributed by atoms with Crippen molar-refractivity contribution in [2.45, 2.75) is 12.8 Å². The monoisotopic (exact) mass is 328 g/mol. The molecule has 1 aliphatic rings. The third-order valence-electron chi connectivity index (χ3n) is 4.56. The quantitative estimate of drug-likeness (QED) is 0.372. The summed E-state index contributed by atoms with van der Waals surface area (Å²) in [5.74, 6) is 0. The normalized spacial score (nSPS) is 13.3. The van der Waals surface area contributed by atoms with Crippen LogP contribution in [0.3, 0.4) is 0 Å². The van der Waals surface area contributed by atoms with Gasteiger partial charge in [0, 0.05) is 17.7 Å². The molecule has 3 aromatic rings. The van der Waals surface area contributed by atoms with Gasteiger partial charge < -0.3 is 0 Å². The van der Waals surface area contributed by atoms with Gasteiger partial charge in [-0.15, -0.1) is 0 Å². The van der Waals surface area contributed by atoms with Gasteiger partial charge in [0.05, 0.1) is 16.2 Å². The number of benzene rings is 3. The smallest absolute Gasteiger partial charge is 0.258 e. The summed E-state index contributed by atoms with van der Waals surface area (Å²) in [6, 6.07) is 17.2. The molecule has 0 aromatic heterocycles. The van der Waals surface area contributed by atoms with Crippen LogP contribution in [-0.2, 0) is 12.8 Å². The molecule has 0 fully saturated rings. The van der Waals surface area contributed by atoms with Gasteiger partial charge in [0.15, 0.2) is 0 Å². The van der Waals surface area contributed by atoms with Crippen molar-refractivity contribution >= 4 is 34.4 Å². The van der Waals surface area contributed by atoms with Crippen LogP contribution in [0.1, 0.15) is 16.7 Å². The highest BCUT2D eigenvalue weighted by atomic mass is 16.6. The summed E-state index contributed by atoms with van der Waals surface area (Å²) in [5.41, 5.74) is 4.37. The molecule has 0 atom stereocenters. The fourth-order valence-electron chi connectivity index (χ4n) is 3.41. The van der Waals surface area contributed by atoms with Crippen LogP contribution in [0.25, 0.3) is 16.8 Å². The zero-order valence-corrected chi connectivity index (χ0v) is 13.6. The van der Waals surface area contributed by atoms with Gasteiger partial charge in [0.25, 0.3) is 5.69 Å². The van der Waals surface area contributed by atoms with Gasteiger partial charge >= 0.3 is 0 Å². The second-order valence-corrected chi connectivity index (χ2v) is 6.04. The van der Waals surface area contributed by atoms with E-state index in [9.17, 15) is 10.1 Å². The Morgan fingerprint density at radius 1 is 0.960 bits per heavy atom. The lowest BCUT2D eigenvalue weighted by molar-refractivity contribution is -0.385. The molecule has 4 heteroatoms. The average Bonchev–Trinajstić information content (AvgIpc) is 3.05. The first kappa shape index (κ1) is 15.3. The molecule has 0 amide bonds. The number of allylic oxidation sites excluding steroid dienone is 1. The molecule has 0 saturated carbocycles. The Hall–Kier alpha value is -3.27.